The molecule has 2 heterocycles. The molecule has 2 aromatic heterocycles. The Hall–Kier alpha value is -2.92. The van der Waals surface area contributed by atoms with E-state index in [1.165, 1.54) is 13.2 Å². The van der Waals surface area contributed by atoms with Crippen LogP contribution in [-0.2, 0) is 10.2 Å². The van der Waals surface area contributed by atoms with Gasteiger partial charge in [-0.2, -0.15) is 12.7 Å². The molecule has 0 aliphatic rings. The van der Waals surface area contributed by atoms with Crippen LogP contribution in [0.25, 0.3) is 11.0 Å². The van der Waals surface area contributed by atoms with Gasteiger partial charge < -0.3 is 4.98 Å². The molecule has 1 aromatic carbocycles. The van der Waals surface area contributed by atoms with Crippen molar-refractivity contribution in [3.05, 3.63) is 59.2 Å². The number of benzene rings is 1. The number of nitrogens with zero attached hydrogens (tertiary/aromatic N) is 2. The van der Waals surface area contributed by atoms with Crippen molar-refractivity contribution in [1.82, 2.24) is 14.3 Å². The highest BCUT2D eigenvalue weighted by Crippen LogP contribution is 2.28. The maximum Gasteiger partial charge on any atom is 0.301 e. The van der Waals surface area contributed by atoms with Gasteiger partial charge in [-0.1, -0.05) is 6.92 Å². The lowest BCUT2D eigenvalue weighted by Gasteiger charge is -2.17. The highest BCUT2D eigenvalue weighted by molar-refractivity contribution is 7.90. The van der Waals surface area contributed by atoms with Crippen molar-refractivity contribution in [1.29, 1.82) is 0 Å². The van der Waals surface area contributed by atoms with Gasteiger partial charge in [-0.05, 0) is 18.2 Å². The number of aromatic nitrogens is 2. The molecule has 0 spiro atoms. The maximum absolute atomic E-state index is 14.8. The van der Waals surface area contributed by atoms with Crippen LogP contribution in [0.5, 0.6) is 0 Å². The number of aromatic amines is 1. The van der Waals surface area contributed by atoms with Gasteiger partial charge in [-0.15, -0.1) is 0 Å². The number of rotatable bonds is 6. The second-order valence-corrected chi connectivity index (χ2v) is 7.63. The highest BCUT2D eigenvalue weighted by atomic mass is 32.2. The third-order valence-electron chi connectivity index (χ3n) is 4.18. The number of carbonyl (C=O) groups excluding carboxylic acids is 1. The first kappa shape index (κ1) is 19.8. The Morgan fingerprint density at radius 1 is 1.21 bits per heavy atom. The van der Waals surface area contributed by atoms with E-state index in [0.29, 0.717) is 0 Å². The van der Waals surface area contributed by atoms with E-state index >= 15 is 0 Å². The summed E-state index contributed by atoms with van der Waals surface area (Å²) in [5, 5.41) is -0.219. The van der Waals surface area contributed by atoms with Crippen LogP contribution in [0, 0.1) is 17.5 Å². The SMILES string of the molecule is CCN(C)S(=O)(=O)Nc1ccc(F)c(C(=O)c2c[nH]c3nccc(F)c23)c1F. The largest absolute Gasteiger partial charge is 0.345 e. The fraction of sp³-hybridized carbons (Fsp3) is 0.176. The molecular weight excluding hydrogens is 397 g/mol. The first-order chi connectivity index (χ1) is 13.2. The maximum atomic E-state index is 14.8. The summed E-state index contributed by atoms with van der Waals surface area (Å²) in [5.74, 6) is -4.57. The number of hydrogen-bond acceptors (Lipinski definition) is 4. The summed E-state index contributed by atoms with van der Waals surface area (Å²) < 4.78 is 70.3. The van der Waals surface area contributed by atoms with Gasteiger partial charge in [0.1, 0.15) is 17.3 Å². The number of anilines is 1. The Bertz CT molecular complexity index is 1180. The first-order valence-corrected chi connectivity index (χ1v) is 9.49. The topological polar surface area (TPSA) is 95.2 Å². The zero-order valence-corrected chi connectivity index (χ0v) is 15.6. The number of ketones is 1. The normalized spacial score (nSPS) is 11.9. The lowest BCUT2D eigenvalue weighted by atomic mass is 10.0. The predicted molar refractivity (Wildman–Crippen MR) is 96.7 cm³/mol. The van der Waals surface area contributed by atoms with Crippen molar-refractivity contribution in [3.8, 4) is 0 Å². The van der Waals surface area contributed by atoms with Gasteiger partial charge in [-0.25, -0.2) is 18.2 Å². The molecule has 0 amide bonds. The van der Waals surface area contributed by atoms with E-state index in [9.17, 15) is 26.4 Å². The lowest BCUT2D eigenvalue weighted by molar-refractivity contribution is 0.103. The van der Waals surface area contributed by atoms with Crippen LogP contribution in [0.15, 0.2) is 30.6 Å². The molecular formula is C17H15F3N4O3S. The van der Waals surface area contributed by atoms with E-state index in [-0.39, 0.29) is 23.1 Å². The molecule has 0 fully saturated rings. The highest BCUT2D eigenvalue weighted by Gasteiger charge is 2.27. The number of fused-ring (bicyclic) bond motifs is 1. The molecule has 7 nitrogen and oxygen atoms in total. The minimum absolute atomic E-state index is 0.0330. The van der Waals surface area contributed by atoms with Gasteiger partial charge in [0, 0.05) is 26.0 Å². The summed E-state index contributed by atoms with van der Waals surface area (Å²) in [6.07, 6.45) is 2.26. The van der Waals surface area contributed by atoms with Crippen molar-refractivity contribution < 1.29 is 26.4 Å². The third kappa shape index (κ3) is 3.34. The van der Waals surface area contributed by atoms with Crippen LogP contribution < -0.4 is 4.72 Å². The zero-order chi connectivity index (χ0) is 20.6. The summed E-state index contributed by atoms with van der Waals surface area (Å²) in [6.45, 7) is 1.67. The first-order valence-electron chi connectivity index (χ1n) is 8.05. The van der Waals surface area contributed by atoms with Crippen LogP contribution in [0.1, 0.15) is 22.8 Å². The molecule has 0 aliphatic heterocycles. The molecule has 0 aliphatic carbocycles. The molecule has 3 aromatic rings. The Labute approximate surface area is 158 Å². The molecule has 0 bridgehead atoms. The number of H-pyrrole nitrogens is 1. The van der Waals surface area contributed by atoms with Crippen molar-refractivity contribution in [2.75, 3.05) is 18.3 Å². The summed E-state index contributed by atoms with van der Waals surface area (Å²) >= 11 is 0. The van der Waals surface area contributed by atoms with Crippen LogP contribution in [0.3, 0.4) is 0 Å². The average Bonchev–Trinajstić information content (AvgIpc) is 3.09. The molecule has 28 heavy (non-hydrogen) atoms. The van der Waals surface area contributed by atoms with Gasteiger partial charge >= 0.3 is 10.2 Å². The smallest absolute Gasteiger partial charge is 0.301 e. The fourth-order valence-electron chi connectivity index (χ4n) is 2.56. The van der Waals surface area contributed by atoms with Crippen LogP contribution in [0.4, 0.5) is 18.9 Å². The number of nitrogens with one attached hydrogen (secondary N) is 2. The minimum atomic E-state index is -4.10. The second kappa shape index (κ2) is 7.24. The number of hydrogen-bond donors (Lipinski definition) is 2. The summed E-state index contributed by atoms with van der Waals surface area (Å²) in [6, 6.07) is 2.62. The quantitative estimate of drug-likeness (QED) is 0.609. The van der Waals surface area contributed by atoms with E-state index in [4.69, 9.17) is 0 Å². The van der Waals surface area contributed by atoms with E-state index < -0.39 is 44.7 Å². The standard InChI is InChI=1S/C17H15F3N4O3S/c1-3-24(2)28(26,27)23-12-5-4-10(18)14(15(12)20)16(25)9-8-22-17-13(9)11(19)6-7-21-17/h4-8,23H,3H2,1-2H3,(H,21,22). The predicted octanol–water partition coefficient (Wildman–Crippen LogP) is 2.82. The molecule has 148 valence electrons. The lowest BCUT2D eigenvalue weighted by Crippen LogP contribution is -2.32. The zero-order valence-electron chi connectivity index (χ0n) is 14.8. The summed E-state index contributed by atoms with van der Waals surface area (Å²) in [4.78, 5) is 19.1. The number of pyridine rings is 1. The Morgan fingerprint density at radius 3 is 2.61 bits per heavy atom. The molecule has 0 saturated heterocycles. The van der Waals surface area contributed by atoms with Crippen LogP contribution >= 0.6 is 0 Å². The van der Waals surface area contributed by atoms with Gasteiger partial charge in [0.2, 0.25) is 5.78 Å². The Balaban J connectivity index is 2.11. The monoisotopic (exact) mass is 412 g/mol. The molecule has 0 radical (unpaired) electrons. The van der Waals surface area contributed by atoms with E-state index in [1.807, 2.05) is 4.72 Å². The van der Waals surface area contributed by atoms with Crippen molar-refractivity contribution in [3.63, 3.8) is 0 Å². The minimum Gasteiger partial charge on any atom is -0.345 e. The summed E-state index contributed by atoms with van der Waals surface area (Å²) in [5.41, 5.74) is -1.92. The molecule has 0 saturated carbocycles. The van der Waals surface area contributed by atoms with Crippen LogP contribution in [-0.4, -0.2) is 42.1 Å². The van der Waals surface area contributed by atoms with Crippen molar-refractivity contribution in [2.45, 2.75) is 6.92 Å². The molecule has 0 atom stereocenters. The van der Waals surface area contributed by atoms with Gasteiger partial charge in [-0.3, -0.25) is 9.52 Å². The van der Waals surface area contributed by atoms with Crippen molar-refractivity contribution in [2.24, 2.45) is 0 Å². The molecule has 3 rings (SSSR count). The van der Waals surface area contributed by atoms with Crippen LogP contribution in [0.2, 0.25) is 0 Å². The van der Waals surface area contributed by atoms with Crippen molar-refractivity contribution >= 4 is 32.7 Å². The van der Waals surface area contributed by atoms with E-state index in [0.717, 1.165) is 28.7 Å². The Morgan fingerprint density at radius 2 is 1.93 bits per heavy atom. The van der Waals surface area contributed by atoms with E-state index in [1.54, 1.807) is 6.92 Å². The number of halogens is 3. The molecule has 0 unspecified atom stereocenters. The van der Waals surface area contributed by atoms with E-state index in [2.05, 4.69) is 9.97 Å². The fourth-order valence-corrected chi connectivity index (χ4v) is 3.49. The van der Waals surface area contributed by atoms with Gasteiger partial charge in [0.25, 0.3) is 0 Å². The Kier molecular flexibility index (Phi) is 5.13. The number of carbonyl (C=O) groups is 1. The molecule has 11 heteroatoms. The van der Waals surface area contributed by atoms with Gasteiger partial charge in [0.05, 0.1) is 22.2 Å². The second-order valence-electron chi connectivity index (χ2n) is 5.85. The average molecular weight is 412 g/mol. The molecule has 2 N–H and O–H groups in total. The summed E-state index contributed by atoms with van der Waals surface area (Å²) in [7, 11) is -2.84. The van der Waals surface area contributed by atoms with Gasteiger partial charge in [0.15, 0.2) is 5.82 Å². The third-order valence-corrected chi connectivity index (χ3v) is 5.74.